The molecule has 0 saturated heterocycles. The maximum absolute atomic E-state index is 10.8. The van der Waals surface area contributed by atoms with Gasteiger partial charge in [0.05, 0.1) is 11.8 Å². The van der Waals surface area contributed by atoms with Gasteiger partial charge in [-0.1, -0.05) is 18.5 Å². The van der Waals surface area contributed by atoms with Crippen LogP contribution in [0.15, 0.2) is 10.7 Å². The molecule has 0 fully saturated rings. The third-order valence-electron chi connectivity index (χ3n) is 1.61. The second-order valence-electron chi connectivity index (χ2n) is 2.54. The van der Waals surface area contributed by atoms with Crippen LogP contribution in [-0.2, 0) is 6.42 Å². The van der Waals surface area contributed by atoms with Crippen molar-refractivity contribution in [1.29, 1.82) is 0 Å². The van der Waals surface area contributed by atoms with Crippen molar-refractivity contribution in [2.24, 2.45) is 0 Å². The van der Waals surface area contributed by atoms with Crippen LogP contribution in [-0.4, -0.2) is 10.4 Å². The second-order valence-corrected chi connectivity index (χ2v) is 2.88. The standard InChI is InChI=1S/C8H10ClNO2/c1-2-3-4-7-6(8(9)11)5-10-12-7/h5H,2-4H2,1H3. The van der Waals surface area contributed by atoms with Crippen LogP contribution in [0.3, 0.4) is 0 Å². The molecule has 12 heavy (non-hydrogen) atoms. The number of carbonyl (C=O) groups is 1. The summed E-state index contributed by atoms with van der Waals surface area (Å²) in [5.41, 5.74) is 0.394. The van der Waals surface area contributed by atoms with Crippen molar-refractivity contribution in [1.82, 2.24) is 5.16 Å². The number of halogens is 1. The fourth-order valence-electron chi connectivity index (χ4n) is 0.942. The van der Waals surface area contributed by atoms with Crippen molar-refractivity contribution in [3.8, 4) is 0 Å². The van der Waals surface area contributed by atoms with Crippen LogP contribution in [0.2, 0.25) is 0 Å². The van der Waals surface area contributed by atoms with E-state index in [4.69, 9.17) is 16.1 Å². The summed E-state index contributed by atoms with van der Waals surface area (Å²) in [5.74, 6) is 0.594. The van der Waals surface area contributed by atoms with Gasteiger partial charge in [0.1, 0.15) is 5.76 Å². The lowest BCUT2D eigenvalue weighted by molar-refractivity contribution is 0.107. The van der Waals surface area contributed by atoms with Gasteiger partial charge in [0.25, 0.3) is 5.24 Å². The summed E-state index contributed by atoms with van der Waals surface area (Å²) in [6.45, 7) is 2.07. The van der Waals surface area contributed by atoms with Crippen LogP contribution >= 0.6 is 11.6 Å². The number of hydrogen-bond donors (Lipinski definition) is 0. The van der Waals surface area contributed by atoms with E-state index in [-0.39, 0.29) is 0 Å². The Morgan fingerprint density at radius 3 is 3.08 bits per heavy atom. The summed E-state index contributed by atoms with van der Waals surface area (Å²) in [6, 6.07) is 0. The van der Waals surface area contributed by atoms with Crippen molar-refractivity contribution in [3.05, 3.63) is 17.5 Å². The molecule has 0 bridgehead atoms. The van der Waals surface area contributed by atoms with E-state index >= 15 is 0 Å². The molecule has 0 aliphatic heterocycles. The molecule has 3 nitrogen and oxygen atoms in total. The van der Waals surface area contributed by atoms with Gasteiger partial charge in [0.2, 0.25) is 0 Å². The number of carbonyl (C=O) groups excluding carboxylic acids is 1. The van der Waals surface area contributed by atoms with Gasteiger partial charge in [-0.2, -0.15) is 0 Å². The fraction of sp³-hybridized carbons (Fsp3) is 0.500. The Balaban J connectivity index is 2.70. The Morgan fingerprint density at radius 2 is 2.50 bits per heavy atom. The first-order valence-electron chi connectivity index (χ1n) is 3.89. The zero-order valence-electron chi connectivity index (χ0n) is 6.84. The highest BCUT2D eigenvalue weighted by atomic mass is 35.5. The minimum atomic E-state index is -0.498. The Hall–Kier alpha value is -0.830. The molecule has 1 rings (SSSR count). The van der Waals surface area contributed by atoms with E-state index in [2.05, 4.69) is 12.1 Å². The van der Waals surface area contributed by atoms with Gasteiger partial charge in [-0.3, -0.25) is 4.79 Å². The molecule has 1 aromatic heterocycles. The quantitative estimate of drug-likeness (QED) is 0.680. The van der Waals surface area contributed by atoms with E-state index in [1.807, 2.05) is 0 Å². The molecule has 4 heteroatoms. The minimum Gasteiger partial charge on any atom is -0.361 e. The average molecular weight is 188 g/mol. The van der Waals surface area contributed by atoms with Gasteiger partial charge in [-0.15, -0.1) is 0 Å². The lowest BCUT2D eigenvalue weighted by atomic mass is 10.1. The normalized spacial score (nSPS) is 10.2. The van der Waals surface area contributed by atoms with Gasteiger partial charge < -0.3 is 4.52 Å². The number of rotatable bonds is 4. The largest absolute Gasteiger partial charge is 0.361 e. The van der Waals surface area contributed by atoms with E-state index in [0.717, 1.165) is 19.3 Å². The fourth-order valence-corrected chi connectivity index (χ4v) is 1.10. The van der Waals surface area contributed by atoms with E-state index in [0.29, 0.717) is 11.3 Å². The number of aromatic nitrogens is 1. The lowest BCUT2D eigenvalue weighted by Crippen LogP contribution is -1.92. The molecule has 0 aliphatic rings. The first-order valence-corrected chi connectivity index (χ1v) is 4.27. The Kier molecular flexibility index (Phi) is 3.29. The molecule has 0 unspecified atom stereocenters. The van der Waals surface area contributed by atoms with Crippen LogP contribution in [0.5, 0.6) is 0 Å². The summed E-state index contributed by atoms with van der Waals surface area (Å²) < 4.78 is 4.87. The zero-order chi connectivity index (χ0) is 8.97. The first kappa shape index (κ1) is 9.26. The van der Waals surface area contributed by atoms with Crippen molar-refractivity contribution in [2.45, 2.75) is 26.2 Å². The highest BCUT2D eigenvalue weighted by Crippen LogP contribution is 2.13. The molecule has 0 radical (unpaired) electrons. The smallest absolute Gasteiger partial charge is 0.257 e. The Labute approximate surface area is 75.7 Å². The molecule has 1 heterocycles. The monoisotopic (exact) mass is 187 g/mol. The molecule has 0 N–H and O–H groups in total. The van der Waals surface area contributed by atoms with Gasteiger partial charge in [-0.05, 0) is 18.0 Å². The van der Waals surface area contributed by atoms with Gasteiger partial charge in [0.15, 0.2) is 0 Å². The Bertz CT molecular complexity index is 270. The predicted octanol–water partition coefficient (Wildman–Crippen LogP) is 2.40. The maximum Gasteiger partial charge on any atom is 0.257 e. The third-order valence-corrected chi connectivity index (χ3v) is 1.82. The molecular weight excluding hydrogens is 178 g/mol. The third kappa shape index (κ3) is 2.08. The Morgan fingerprint density at radius 1 is 1.75 bits per heavy atom. The molecular formula is C8H10ClNO2. The van der Waals surface area contributed by atoms with Crippen LogP contribution in [0.4, 0.5) is 0 Å². The molecule has 66 valence electrons. The van der Waals surface area contributed by atoms with Gasteiger partial charge in [0, 0.05) is 6.42 Å². The number of unbranched alkanes of at least 4 members (excludes halogenated alkanes) is 1. The van der Waals surface area contributed by atoms with E-state index in [9.17, 15) is 4.79 Å². The van der Waals surface area contributed by atoms with Crippen molar-refractivity contribution in [3.63, 3.8) is 0 Å². The number of nitrogens with zero attached hydrogens (tertiary/aromatic N) is 1. The second kappa shape index (κ2) is 4.26. The highest BCUT2D eigenvalue weighted by Gasteiger charge is 2.12. The average Bonchev–Trinajstić information content (AvgIpc) is 2.48. The highest BCUT2D eigenvalue weighted by molar-refractivity contribution is 6.67. The summed E-state index contributed by atoms with van der Waals surface area (Å²) in [4.78, 5) is 10.8. The van der Waals surface area contributed by atoms with Crippen molar-refractivity contribution >= 4 is 16.8 Å². The first-order chi connectivity index (χ1) is 5.75. The summed E-state index contributed by atoms with van der Waals surface area (Å²) >= 11 is 5.29. The lowest BCUT2D eigenvalue weighted by Gasteiger charge is -1.93. The summed E-state index contributed by atoms with van der Waals surface area (Å²) in [7, 11) is 0. The van der Waals surface area contributed by atoms with E-state index in [1.165, 1.54) is 6.20 Å². The number of aryl methyl sites for hydroxylation is 1. The molecule has 1 aromatic rings. The van der Waals surface area contributed by atoms with Crippen LogP contribution in [0.25, 0.3) is 0 Å². The zero-order valence-corrected chi connectivity index (χ0v) is 7.60. The summed E-state index contributed by atoms with van der Waals surface area (Å²) in [5, 5.41) is 3.02. The topological polar surface area (TPSA) is 43.1 Å². The molecule has 0 atom stereocenters. The molecule has 0 saturated carbocycles. The summed E-state index contributed by atoms with van der Waals surface area (Å²) in [6.07, 6.45) is 4.12. The van der Waals surface area contributed by atoms with E-state index in [1.54, 1.807) is 0 Å². The minimum absolute atomic E-state index is 0.394. The number of hydrogen-bond acceptors (Lipinski definition) is 3. The molecule has 0 aliphatic carbocycles. The van der Waals surface area contributed by atoms with Gasteiger partial charge >= 0.3 is 0 Å². The molecule has 0 spiro atoms. The SMILES string of the molecule is CCCCc1oncc1C(=O)Cl. The predicted molar refractivity (Wildman–Crippen MR) is 45.3 cm³/mol. The van der Waals surface area contributed by atoms with Crippen molar-refractivity contribution < 1.29 is 9.32 Å². The van der Waals surface area contributed by atoms with E-state index < -0.39 is 5.24 Å². The van der Waals surface area contributed by atoms with Gasteiger partial charge in [-0.25, -0.2) is 0 Å². The van der Waals surface area contributed by atoms with Crippen LogP contribution < -0.4 is 0 Å². The molecule has 0 aromatic carbocycles. The maximum atomic E-state index is 10.8. The van der Waals surface area contributed by atoms with Crippen LogP contribution in [0.1, 0.15) is 35.9 Å². The molecule has 0 amide bonds. The van der Waals surface area contributed by atoms with Crippen molar-refractivity contribution in [2.75, 3.05) is 0 Å². The van der Waals surface area contributed by atoms with Crippen LogP contribution in [0, 0.1) is 0 Å².